The average molecular weight is 490 g/mol. The minimum absolute atomic E-state index is 0.113. The Labute approximate surface area is 203 Å². The second-order valence-electron chi connectivity index (χ2n) is 8.35. The van der Waals surface area contributed by atoms with Crippen LogP contribution in [0.15, 0.2) is 88.3 Å². The van der Waals surface area contributed by atoms with Crippen molar-refractivity contribution in [2.75, 3.05) is 16.2 Å². The topological polar surface area (TPSA) is 102 Å². The Kier molecular flexibility index (Phi) is 5.78. The number of nitrogens with one attached hydrogen (secondary N) is 1. The first-order chi connectivity index (χ1) is 16.8. The lowest BCUT2D eigenvalue weighted by atomic mass is 10.1. The molecule has 3 aromatic carbocycles. The molecule has 0 fully saturated rings. The van der Waals surface area contributed by atoms with E-state index in [1.54, 1.807) is 42.5 Å². The highest BCUT2D eigenvalue weighted by atomic mass is 32.2. The van der Waals surface area contributed by atoms with Crippen LogP contribution in [0.2, 0.25) is 0 Å². The number of fused-ring (bicyclic) bond motifs is 1. The number of rotatable bonds is 5. The fourth-order valence-electron chi connectivity index (χ4n) is 3.85. The minimum atomic E-state index is -3.82. The normalized spacial score (nSPS) is 15.3. The Hall–Kier alpha value is -4.11. The molecule has 0 saturated heterocycles. The molecule has 35 heavy (non-hydrogen) atoms. The number of carbonyl (C=O) groups is 1. The van der Waals surface area contributed by atoms with Crippen molar-refractivity contribution in [3.05, 3.63) is 90.1 Å². The van der Waals surface area contributed by atoms with Gasteiger partial charge < -0.3 is 14.6 Å². The largest absolute Gasteiger partial charge is 0.487 e. The summed E-state index contributed by atoms with van der Waals surface area (Å²) in [6, 6.07) is 22.3. The van der Waals surface area contributed by atoms with Crippen LogP contribution in [0.3, 0.4) is 0 Å². The third-order valence-electron chi connectivity index (χ3n) is 5.66. The predicted molar refractivity (Wildman–Crippen MR) is 132 cm³/mol. The third kappa shape index (κ3) is 4.50. The maximum absolute atomic E-state index is 13.4. The number of nitrogens with zero attached hydrogens (tertiary/aromatic N) is 2. The molecule has 9 heteroatoms. The molecule has 1 aliphatic heterocycles. The van der Waals surface area contributed by atoms with Gasteiger partial charge >= 0.3 is 0 Å². The molecular formula is C26H23N3O5S. The van der Waals surface area contributed by atoms with E-state index < -0.39 is 15.9 Å². The summed E-state index contributed by atoms with van der Waals surface area (Å²) in [4.78, 5) is 12.8. The zero-order valence-electron chi connectivity index (χ0n) is 19.1. The number of aromatic nitrogens is 1. The standard InChI is InChI=1S/C26H23N3O5S/c1-17-7-9-19(10-8-17)25-15-22(28-34-25)26(30)27-20-11-13-21(14-12-20)35(31,32)29-16-18(2)33-24-6-4-3-5-23(24)29/h3-15,18H,16H2,1-2H3,(H,27,30). The molecule has 0 bridgehead atoms. The number of amides is 1. The van der Waals surface area contributed by atoms with Crippen molar-refractivity contribution in [2.24, 2.45) is 0 Å². The fraction of sp³-hybridized carbons (Fsp3) is 0.154. The molecular weight excluding hydrogens is 466 g/mol. The van der Waals surface area contributed by atoms with Crippen LogP contribution in [0.5, 0.6) is 5.75 Å². The second kappa shape index (κ2) is 8.92. The maximum atomic E-state index is 13.4. The fourth-order valence-corrected chi connectivity index (χ4v) is 5.40. The molecule has 1 amide bonds. The molecule has 0 saturated carbocycles. The number of para-hydroxylation sites is 2. The summed E-state index contributed by atoms with van der Waals surface area (Å²) < 4.78 is 39.2. The van der Waals surface area contributed by atoms with Gasteiger partial charge in [0.1, 0.15) is 11.9 Å². The summed E-state index contributed by atoms with van der Waals surface area (Å²) in [5.74, 6) is 0.548. The minimum Gasteiger partial charge on any atom is -0.487 e. The number of anilines is 2. The Morgan fingerprint density at radius 1 is 1.03 bits per heavy atom. The highest BCUT2D eigenvalue weighted by molar-refractivity contribution is 7.92. The molecule has 1 N–H and O–H groups in total. The van der Waals surface area contributed by atoms with E-state index >= 15 is 0 Å². The Bertz CT molecular complexity index is 1480. The van der Waals surface area contributed by atoms with Gasteiger partial charge in [-0.2, -0.15) is 0 Å². The van der Waals surface area contributed by atoms with E-state index in [1.165, 1.54) is 16.4 Å². The molecule has 0 spiro atoms. The highest BCUT2D eigenvalue weighted by Gasteiger charge is 2.32. The van der Waals surface area contributed by atoms with Gasteiger partial charge in [0.2, 0.25) is 0 Å². The molecule has 178 valence electrons. The molecule has 5 rings (SSSR count). The monoisotopic (exact) mass is 489 g/mol. The highest BCUT2D eigenvalue weighted by Crippen LogP contribution is 2.36. The van der Waals surface area contributed by atoms with E-state index in [-0.39, 0.29) is 23.2 Å². The van der Waals surface area contributed by atoms with Gasteiger partial charge in [-0.25, -0.2) is 8.42 Å². The molecule has 1 aliphatic rings. The van der Waals surface area contributed by atoms with Crippen LogP contribution < -0.4 is 14.4 Å². The first kappa shape index (κ1) is 22.7. The van der Waals surface area contributed by atoms with Gasteiger partial charge in [-0.05, 0) is 50.2 Å². The summed E-state index contributed by atoms with van der Waals surface area (Å²) in [5, 5.41) is 6.58. The Morgan fingerprint density at radius 2 is 1.74 bits per heavy atom. The summed E-state index contributed by atoms with van der Waals surface area (Å²) in [6.45, 7) is 4.01. The number of benzene rings is 3. The number of aryl methyl sites for hydroxylation is 1. The van der Waals surface area contributed by atoms with E-state index in [4.69, 9.17) is 9.26 Å². The van der Waals surface area contributed by atoms with Crippen molar-refractivity contribution >= 4 is 27.3 Å². The van der Waals surface area contributed by atoms with E-state index in [9.17, 15) is 13.2 Å². The van der Waals surface area contributed by atoms with Gasteiger partial charge in [-0.15, -0.1) is 0 Å². The van der Waals surface area contributed by atoms with Crippen LogP contribution in [-0.2, 0) is 10.0 Å². The molecule has 8 nitrogen and oxygen atoms in total. The van der Waals surface area contributed by atoms with E-state index in [0.29, 0.717) is 22.9 Å². The number of ether oxygens (including phenoxy) is 1. The molecule has 1 aromatic heterocycles. The van der Waals surface area contributed by atoms with Crippen LogP contribution in [0.1, 0.15) is 23.0 Å². The summed E-state index contributed by atoms with van der Waals surface area (Å²) >= 11 is 0. The van der Waals surface area contributed by atoms with Crippen molar-refractivity contribution in [1.82, 2.24) is 5.16 Å². The summed E-state index contributed by atoms with van der Waals surface area (Å²) in [7, 11) is -3.82. The molecule has 1 unspecified atom stereocenters. The van der Waals surface area contributed by atoms with Crippen LogP contribution >= 0.6 is 0 Å². The van der Waals surface area contributed by atoms with Gasteiger partial charge in [-0.1, -0.05) is 47.1 Å². The molecule has 1 atom stereocenters. The van der Waals surface area contributed by atoms with Crippen molar-refractivity contribution in [3.63, 3.8) is 0 Å². The van der Waals surface area contributed by atoms with Gasteiger partial charge in [0, 0.05) is 17.3 Å². The second-order valence-corrected chi connectivity index (χ2v) is 10.2. The number of hydrogen-bond donors (Lipinski definition) is 1. The molecule has 0 aliphatic carbocycles. The smallest absolute Gasteiger partial charge is 0.277 e. The van der Waals surface area contributed by atoms with Crippen molar-refractivity contribution in [2.45, 2.75) is 24.8 Å². The van der Waals surface area contributed by atoms with Crippen molar-refractivity contribution in [3.8, 4) is 17.1 Å². The van der Waals surface area contributed by atoms with Gasteiger partial charge in [0.05, 0.1) is 17.1 Å². The first-order valence-corrected chi connectivity index (χ1v) is 12.5. The predicted octanol–water partition coefficient (Wildman–Crippen LogP) is 4.88. The van der Waals surface area contributed by atoms with Crippen LogP contribution in [0.25, 0.3) is 11.3 Å². The number of carbonyl (C=O) groups excluding carboxylic acids is 1. The van der Waals surface area contributed by atoms with Gasteiger partial charge in [0.15, 0.2) is 11.5 Å². The average Bonchev–Trinajstić information content (AvgIpc) is 3.35. The van der Waals surface area contributed by atoms with Crippen LogP contribution in [0, 0.1) is 6.92 Å². The zero-order chi connectivity index (χ0) is 24.6. The zero-order valence-corrected chi connectivity index (χ0v) is 20.0. The van der Waals surface area contributed by atoms with E-state index in [1.807, 2.05) is 38.1 Å². The lowest BCUT2D eigenvalue weighted by Crippen LogP contribution is -2.42. The molecule has 0 radical (unpaired) electrons. The van der Waals surface area contributed by atoms with Crippen molar-refractivity contribution < 1.29 is 22.5 Å². The quantitative estimate of drug-likeness (QED) is 0.429. The number of sulfonamides is 1. The lowest BCUT2D eigenvalue weighted by Gasteiger charge is -2.34. The van der Waals surface area contributed by atoms with E-state index in [0.717, 1.165) is 11.1 Å². The SMILES string of the molecule is Cc1ccc(-c2cc(C(=O)Nc3ccc(S(=O)(=O)N4CC(C)Oc5ccccc54)cc3)no2)cc1. The summed E-state index contributed by atoms with van der Waals surface area (Å²) in [6.07, 6.45) is -0.287. The maximum Gasteiger partial charge on any atom is 0.277 e. The number of hydrogen-bond acceptors (Lipinski definition) is 6. The molecule has 4 aromatic rings. The van der Waals surface area contributed by atoms with Gasteiger partial charge in [0.25, 0.3) is 15.9 Å². The van der Waals surface area contributed by atoms with Gasteiger partial charge in [-0.3, -0.25) is 9.10 Å². The first-order valence-electron chi connectivity index (χ1n) is 11.0. The van der Waals surface area contributed by atoms with Crippen molar-refractivity contribution in [1.29, 1.82) is 0 Å². The van der Waals surface area contributed by atoms with Crippen LogP contribution in [0.4, 0.5) is 11.4 Å². The lowest BCUT2D eigenvalue weighted by molar-refractivity contribution is 0.101. The Morgan fingerprint density at radius 3 is 2.49 bits per heavy atom. The summed E-state index contributed by atoms with van der Waals surface area (Å²) in [5.41, 5.74) is 2.99. The molecule has 2 heterocycles. The third-order valence-corrected chi connectivity index (χ3v) is 7.46. The van der Waals surface area contributed by atoms with Crippen LogP contribution in [-0.4, -0.2) is 32.1 Å². The van der Waals surface area contributed by atoms with E-state index in [2.05, 4.69) is 10.5 Å². The Balaban J connectivity index is 1.32.